The fourth-order valence-corrected chi connectivity index (χ4v) is 2.82. The van der Waals surface area contributed by atoms with Gasteiger partial charge in [0.2, 0.25) is 11.8 Å². The van der Waals surface area contributed by atoms with E-state index in [4.69, 9.17) is 0 Å². The van der Waals surface area contributed by atoms with Crippen LogP contribution >= 0.6 is 0 Å². The van der Waals surface area contributed by atoms with Crippen molar-refractivity contribution in [3.63, 3.8) is 0 Å². The fraction of sp³-hybridized carbons (Fsp3) is 0.526. The summed E-state index contributed by atoms with van der Waals surface area (Å²) < 4.78 is 0. The third kappa shape index (κ3) is 5.84. The van der Waals surface area contributed by atoms with Crippen molar-refractivity contribution in [3.05, 3.63) is 29.8 Å². The second-order valence-corrected chi connectivity index (χ2v) is 6.70. The maximum atomic E-state index is 12.6. The molecular weight excluding hydrogens is 332 g/mol. The van der Waals surface area contributed by atoms with Gasteiger partial charge in [-0.15, -0.1) is 0 Å². The van der Waals surface area contributed by atoms with E-state index in [1.807, 2.05) is 13.8 Å². The quantitative estimate of drug-likeness (QED) is 0.802. The first kappa shape index (κ1) is 19.9. The molecule has 1 unspecified atom stereocenters. The predicted octanol–water partition coefficient (Wildman–Crippen LogP) is 1.32. The van der Waals surface area contributed by atoms with E-state index in [2.05, 4.69) is 15.5 Å². The van der Waals surface area contributed by atoms with Crippen LogP contribution in [0, 0.1) is 0 Å². The number of piperazine rings is 1. The molecule has 26 heavy (non-hydrogen) atoms. The first-order valence-corrected chi connectivity index (χ1v) is 9.07. The maximum Gasteiger partial charge on any atom is 0.253 e. The maximum absolute atomic E-state index is 12.6. The number of nitrogens with zero attached hydrogens (tertiary/aromatic N) is 2. The summed E-state index contributed by atoms with van der Waals surface area (Å²) in [5, 5.41) is 5.65. The number of hydrogen-bond acceptors (Lipinski definition) is 4. The predicted molar refractivity (Wildman–Crippen MR) is 101 cm³/mol. The standard InChI is InChI=1S/C19H28N4O3/c1-4-14(2)20-18(25)13-22-9-11-23(12-10-22)19(26)16-5-7-17(8-6-16)21-15(3)24/h5-8,14H,4,9-13H2,1-3H3,(H,20,25)(H,21,24). The average Bonchev–Trinajstić information content (AvgIpc) is 2.61. The molecule has 142 valence electrons. The smallest absolute Gasteiger partial charge is 0.253 e. The Hall–Kier alpha value is -2.41. The molecular formula is C19H28N4O3. The molecule has 0 spiro atoms. The van der Waals surface area contributed by atoms with E-state index >= 15 is 0 Å². The number of carbonyl (C=O) groups is 3. The Morgan fingerprint density at radius 1 is 1.08 bits per heavy atom. The molecule has 1 atom stereocenters. The largest absolute Gasteiger partial charge is 0.353 e. The summed E-state index contributed by atoms with van der Waals surface area (Å²) in [5.74, 6) is -0.131. The van der Waals surface area contributed by atoms with Gasteiger partial charge in [-0.1, -0.05) is 6.92 Å². The monoisotopic (exact) mass is 360 g/mol. The zero-order valence-corrected chi connectivity index (χ0v) is 15.7. The third-order valence-corrected chi connectivity index (χ3v) is 4.50. The molecule has 1 aliphatic heterocycles. The Morgan fingerprint density at radius 2 is 1.69 bits per heavy atom. The van der Waals surface area contributed by atoms with Crippen LogP contribution in [0.1, 0.15) is 37.6 Å². The SMILES string of the molecule is CCC(C)NC(=O)CN1CCN(C(=O)c2ccc(NC(C)=O)cc2)CC1. The van der Waals surface area contributed by atoms with E-state index < -0.39 is 0 Å². The van der Waals surface area contributed by atoms with Gasteiger partial charge in [-0.3, -0.25) is 19.3 Å². The van der Waals surface area contributed by atoms with Gasteiger partial charge in [0.25, 0.3) is 5.91 Å². The molecule has 0 radical (unpaired) electrons. The van der Waals surface area contributed by atoms with Crippen LogP contribution in [-0.4, -0.2) is 66.3 Å². The molecule has 0 aliphatic carbocycles. The van der Waals surface area contributed by atoms with Crippen molar-refractivity contribution < 1.29 is 14.4 Å². The zero-order valence-electron chi connectivity index (χ0n) is 15.7. The van der Waals surface area contributed by atoms with Crippen LogP contribution < -0.4 is 10.6 Å². The average molecular weight is 360 g/mol. The summed E-state index contributed by atoms with van der Waals surface area (Å²) in [6, 6.07) is 7.08. The number of anilines is 1. The topological polar surface area (TPSA) is 81.8 Å². The van der Waals surface area contributed by atoms with Gasteiger partial charge in [0.05, 0.1) is 6.54 Å². The molecule has 0 bridgehead atoms. The second kappa shape index (κ2) is 9.33. The van der Waals surface area contributed by atoms with Gasteiger partial charge >= 0.3 is 0 Å². The summed E-state index contributed by atoms with van der Waals surface area (Å²) in [4.78, 5) is 39.5. The molecule has 0 saturated carbocycles. The molecule has 1 aromatic rings. The fourth-order valence-electron chi connectivity index (χ4n) is 2.82. The van der Waals surface area contributed by atoms with Crippen molar-refractivity contribution in [1.29, 1.82) is 0 Å². The molecule has 7 heteroatoms. The Kier molecular flexibility index (Phi) is 7.15. The lowest BCUT2D eigenvalue weighted by Gasteiger charge is -2.34. The lowest BCUT2D eigenvalue weighted by molar-refractivity contribution is -0.123. The van der Waals surface area contributed by atoms with Crippen molar-refractivity contribution in [2.75, 3.05) is 38.0 Å². The zero-order chi connectivity index (χ0) is 19.1. The summed E-state index contributed by atoms with van der Waals surface area (Å²) in [7, 11) is 0. The minimum absolute atomic E-state index is 0.0249. The van der Waals surface area contributed by atoms with Crippen molar-refractivity contribution >= 4 is 23.4 Å². The van der Waals surface area contributed by atoms with Gasteiger partial charge in [0.15, 0.2) is 0 Å². The van der Waals surface area contributed by atoms with Crippen molar-refractivity contribution in [3.8, 4) is 0 Å². The van der Waals surface area contributed by atoms with Crippen molar-refractivity contribution in [1.82, 2.24) is 15.1 Å². The lowest BCUT2D eigenvalue weighted by Crippen LogP contribution is -2.51. The van der Waals surface area contributed by atoms with Crippen LogP contribution in [0.25, 0.3) is 0 Å². The molecule has 7 nitrogen and oxygen atoms in total. The van der Waals surface area contributed by atoms with Crippen LogP contribution in [0.4, 0.5) is 5.69 Å². The minimum Gasteiger partial charge on any atom is -0.353 e. The highest BCUT2D eigenvalue weighted by molar-refractivity contribution is 5.95. The van der Waals surface area contributed by atoms with Gasteiger partial charge in [-0.05, 0) is 37.6 Å². The van der Waals surface area contributed by atoms with E-state index in [0.29, 0.717) is 44.0 Å². The van der Waals surface area contributed by atoms with Crippen LogP contribution in [0.3, 0.4) is 0 Å². The number of rotatable bonds is 6. The van der Waals surface area contributed by atoms with E-state index in [0.717, 1.165) is 6.42 Å². The molecule has 3 amide bonds. The highest BCUT2D eigenvalue weighted by atomic mass is 16.2. The van der Waals surface area contributed by atoms with Gasteiger partial charge in [0, 0.05) is 50.4 Å². The Balaban J connectivity index is 1.82. The van der Waals surface area contributed by atoms with E-state index in [1.54, 1.807) is 29.2 Å². The van der Waals surface area contributed by atoms with Crippen molar-refractivity contribution in [2.24, 2.45) is 0 Å². The Morgan fingerprint density at radius 3 is 2.23 bits per heavy atom. The highest BCUT2D eigenvalue weighted by Gasteiger charge is 2.23. The van der Waals surface area contributed by atoms with Gasteiger partial charge < -0.3 is 15.5 Å². The molecule has 2 rings (SSSR count). The Labute approximate surface area is 154 Å². The number of carbonyl (C=O) groups excluding carboxylic acids is 3. The van der Waals surface area contributed by atoms with E-state index in [-0.39, 0.29) is 23.8 Å². The second-order valence-electron chi connectivity index (χ2n) is 6.70. The van der Waals surface area contributed by atoms with Crippen LogP contribution in [0.15, 0.2) is 24.3 Å². The van der Waals surface area contributed by atoms with E-state index in [9.17, 15) is 14.4 Å². The van der Waals surface area contributed by atoms with Gasteiger partial charge in [-0.25, -0.2) is 0 Å². The summed E-state index contributed by atoms with van der Waals surface area (Å²) >= 11 is 0. The Bertz CT molecular complexity index is 637. The number of nitrogens with one attached hydrogen (secondary N) is 2. The summed E-state index contributed by atoms with van der Waals surface area (Å²) in [6.07, 6.45) is 0.911. The lowest BCUT2D eigenvalue weighted by atomic mass is 10.1. The molecule has 2 N–H and O–H groups in total. The van der Waals surface area contributed by atoms with Crippen LogP contribution in [0.5, 0.6) is 0 Å². The van der Waals surface area contributed by atoms with Crippen LogP contribution in [-0.2, 0) is 9.59 Å². The highest BCUT2D eigenvalue weighted by Crippen LogP contribution is 2.13. The van der Waals surface area contributed by atoms with E-state index in [1.165, 1.54) is 6.92 Å². The first-order valence-electron chi connectivity index (χ1n) is 9.07. The molecule has 0 aromatic heterocycles. The van der Waals surface area contributed by atoms with Gasteiger partial charge in [-0.2, -0.15) is 0 Å². The first-order chi connectivity index (χ1) is 12.4. The normalized spacial score (nSPS) is 16.0. The molecule has 1 saturated heterocycles. The number of amides is 3. The summed E-state index contributed by atoms with van der Waals surface area (Å²) in [6.45, 7) is 8.42. The minimum atomic E-state index is -0.141. The van der Waals surface area contributed by atoms with Crippen LogP contribution in [0.2, 0.25) is 0 Å². The van der Waals surface area contributed by atoms with Gasteiger partial charge in [0.1, 0.15) is 0 Å². The molecule has 1 aliphatic rings. The number of benzene rings is 1. The summed E-state index contributed by atoms with van der Waals surface area (Å²) in [5.41, 5.74) is 1.27. The number of hydrogen-bond donors (Lipinski definition) is 2. The molecule has 1 heterocycles. The third-order valence-electron chi connectivity index (χ3n) is 4.50. The molecule has 1 aromatic carbocycles. The van der Waals surface area contributed by atoms with Crippen molar-refractivity contribution in [2.45, 2.75) is 33.2 Å². The molecule has 1 fully saturated rings.